The fourth-order valence-corrected chi connectivity index (χ4v) is 0.623. The second-order valence-corrected chi connectivity index (χ2v) is 3.44. The van der Waals surface area contributed by atoms with Crippen molar-refractivity contribution in [1.82, 2.24) is 0 Å². The number of rotatable bonds is 5. The molecular formula is C9H20O. The average Bonchev–Trinajstić information content (AvgIpc) is 1.87. The Balaban J connectivity index is 3.03. The minimum atomic E-state index is 0.670. The fraction of sp³-hybridized carbons (Fsp3) is 1.00. The molecule has 0 aliphatic rings. The van der Waals surface area contributed by atoms with Crippen LogP contribution in [0.3, 0.4) is 0 Å². The Morgan fingerprint density at radius 2 is 1.70 bits per heavy atom. The van der Waals surface area contributed by atoms with Crippen LogP contribution in [0, 0.1) is 11.8 Å². The molecule has 0 rings (SSSR count). The van der Waals surface area contributed by atoms with Crippen molar-refractivity contribution in [3.05, 3.63) is 0 Å². The second kappa shape index (κ2) is 5.72. The second-order valence-electron chi connectivity index (χ2n) is 3.44. The topological polar surface area (TPSA) is 9.23 Å². The van der Waals surface area contributed by atoms with Crippen molar-refractivity contribution >= 4 is 0 Å². The van der Waals surface area contributed by atoms with E-state index in [-0.39, 0.29) is 0 Å². The van der Waals surface area contributed by atoms with Gasteiger partial charge in [-0.1, -0.05) is 34.1 Å². The number of ether oxygens (including phenoxy) is 1. The lowest BCUT2D eigenvalue weighted by Crippen LogP contribution is -2.08. The van der Waals surface area contributed by atoms with Gasteiger partial charge in [-0.25, -0.2) is 0 Å². The van der Waals surface area contributed by atoms with Crippen LogP contribution in [0.25, 0.3) is 0 Å². The lowest BCUT2D eigenvalue weighted by atomic mass is 10.1. The normalized spacial score (nSPS) is 14.1. The summed E-state index contributed by atoms with van der Waals surface area (Å²) >= 11 is 0. The molecular weight excluding hydrogens is 124 g/mol. The molecule has 0 aliphatic heterocycles. The SMILES string of the molecule is CC[C@@H](C)COCC(C)C. The monoisotopic (exact) mass is 144 g/mol. The van der Waals surface area contributed by atoms with E-state index in [2.05, 4.69) is 27.7 Å². The maximum Gasteiger partial charge on any atom is 0.0491 e. The van der Waals surface area contributed by atoms with Crippen LogP contribution in [0.15, 0.2) is 0 Å². The first-order chi connectivity index (χ1) is 4.66. The molecule has 1 atom stereocenters. The van der Waals surface area contributed by atoms with Crippen molar-refractivity contribution in [1.29, 1.82) is 0 Å². The molecule has 0 spiro atoms. The third-order valence-electron chi connectivity index (χ3n) is 1.55. The molecule has 1 nitrogen and oxygen atoms in total. The van der Waals surface area contributed by atoms with Crippen LogP contribution < -0.4 is 0 Å². The summed E-state index contributed by atoms with van der Waals surface area (Å²) in [6.07, 6.45) is 1.22. The summed E-state index contributed by atoms with van der Waals surface area (Å²) < 4.78 is 5.45. The van der Waals surface area contributed by atoms with E-state index in [9.17, 15) is 0 Å². The third kappa shape index (κ3) is 6.09. The van der Waals surface area contributed by atoms with Crippen LogP contribution in [0.4, 0.5) is 0 Å². The Kier molecular flexibility index (Phi) is 5.70. The summed E-state index contributed by atoms with van der Waals surface area (Å²) in [6, 6.07) is 0. The Bertz CT molecular complexity index is 69.1. The lowest BCUT2D eigenvalue weighted by Gasteiger charge is -2.10. The highest BCUT2D eigenvalue weighted by molar-refractivity contribution is 4.47. The van der Waals surface area contributed by atoms with Crippen molar-refractivity contribution in [2.75, 3.05) is 13.2 Å². The molecule has 0 unspecified atom stereocenters. The van der Waals surface area contributed by atoms with Gasteiger partial charge in [0, 0.05) is 13.2 Å². The van der Waals surface area contributed by atoms with Crippen LogP contribution >= 0.6 is 0 Å². The molecule has 0 aromatic carbocycles. The van der Waals surface area contributed by atoms with Gasteiger partial charge in [-0.2, -0.15) is 0 Å². The van der Waals surface area contributed by atoms with Crippen LogP contribution in [0.5, 0.6) is 0 Å². The van der Waals surface area contributed by atoms with E-state index >= 15 is 0 Å². The smallest absolute Gasteiger partial charge is 0.0491 e. The highest BCUT2D eigenvalue weighted by Gasteiger charge is 1.98. The van der Waals surface area contributed by atoms with Gasteiger partial charge < -0.3 is 4.74 Å². The first kappa shape index (κ1) is 9.96. The van der Waals surface area contributed by atoms with E-state index in [0.717, 1.165) is 19.1 Å². The molecule has 0 heterocycles. The Morgan fingerprint density at radius 3 is 2.10 bits per heavy atom. The number of hydrogen-bond acceptors (Lipinski definition) is 1. The van der Waals surface area contributed by atoms with Crippen molar-refractivity contribution in [2.24, 2.45) is 11.8 Å². The molecule has 0 fully saturated rings. The van der Waals surface area contributed by atoms with E-state index in [1.165, 1.54) is 6.42 Å². The summed E-state index contributed by atoms with van der Waals surface area (Å²) in [4.78, 5) is 0. The summed E-state index contributed by atoms with van der Waals surface area (Å²) in [6.45, 7) is 10.6. The fourth-order valence-electron chi connectivity index (χ4n) is 0.623. The molecule has 62 valence electrons. The van der Waals surface area contributed by atoms with Crippen molar-refractivity contribution in [3.8, 4) is 0 Å². The maximum atomic E-state index is 5.45. The van der Waals surface area contributed by atoms with Gasteiger partial charge in [0.1, 0.15) is 0 Å². The predicted octanol–water partition coefficient (Wildman–Crippen LogP) is 2.71. The van der Waals surface area contributed by atoms with Crippen LogP contribution in [0.1, 0.15) is 34.1 Å². The van der Waals surface area contributed by atoms with E-state index < -0.39 is 0 Å². The van der Waals surface area contributed by atoms with Gasteiger partial charge >= 0.3 is 0 Å². The number of hydrogen-bond donors (Lipinski definition) is 0. The molecule has 0 saturated carbocycles. The van der Waals surface area contributed by atoms with Gasteiger partial charge in [0.15, 0.2) is 0 Å². The molecule has 0 amide bonds. The van der Waals surface area contributed by atoms with Gasteiger partial charge in [0.25, 0.3) is 0 Å². The van der Waals surface area contributed by atoms with Gasteiger partial charge in [-0.3, -0.25) is 0 Å². The van der Waals surface area contributed by atoms with E-state index in [0.29, 0.717) is 5.92 Å². The molecule has 0 aromatic rings. The Hall–Kier alpha value is -0.0400. The van der Waals surface area contributed by atoms with Gasteiger partial charge in [0.05, 0.1) is 0 Å². The zero-order valence-corrected chi connectivity index (χ0v) is 7.68. The molecule has 0 aromatic heterocycles. The molecule has 0 saturated heterocycles. The minimum Gasteiger partial charge on any atom is -0.381 e. The van der Waals surface area contributed by atoms with Crippen molar-refractivity contribution in [2.45, 2.75) is 34.1 Å². The highest BCUT2D eigenvalue weighted by Crippen LogP contribution is 2.02. The standard InChI is InChI=1S/C9H20O/c1-5-9(4)7-10-6-8(2)3/h8-9H,5-7H2,1-4H3/t9-/m1/s1. The van der Waals surface area contributed by atoms with E-state index in [1.807, 2.05) is 0 Å². The third-order valence-corrected chi connectivity index (χ3v) is 1.55. The molecule has 10 heavy (non-hydrogen) atoms. The molecule has 1 heteroatoms. The molecule has 0 radical (unpaired) electrons. The zero-order valence-electron chi connectivity index (χ0n) is 7.68. The van der Waals surface area contributed by atoms with Gasteiger partial charge in [0.2, 0.25) is 0 Å². The molecule has 0 bridgehead atoms. The lowest BCUT2D eigenvalue weighted by molar-refractivity contribution is 0.0832. The van der Waals surface area contributed by atoms with E-state index in [4.69, 9.17) is 4.74 Å². The van der Waals surface area contributed by atoms with E-state index in [1.54, 1.807) is 0 Å². The minimum absolute atomic E-state index is 0.670. The van der Waals surface area contributed by atoms with Gasteiger partial charge in [-0.05, 0) is 11.8 Å². The zero-order chi connectivity index (χ0) is 7.98. The largest absolute Gasteiger partial charge is 0.381 e. The maximum absolute atomic E-state index is 5.45. The average molecular weight is 144 g/mol. The van der Waals surface area contributed by atoms with Crippen molar-refractivity contribution in [3.63, 3.8) is 0 Å². The van der Waals surface area contributed by atoms with Crippen molar-refractivity contribution < 1.29 is 4.74 Å². The first-order valence-electron chi connectivity index (χ1n) is 4.24. The summed E-state index contributed by atoms with van der Waals surface area (Å²) in [5.74, 6) is 1.39. The van der Waals surface area contributed by atoms with Crippen LogP contribution in [-0.2, 0) is 4.74 Å². The van der Waals surface area contributed by atoms with Crippen LogP contribution in [0.2, 0.25) is 0 Å². The predicted molar refractivity (Wildman–Crippen MR) is 45.1 cm³/mol. The summed E-state index contributed by atoms with van der Waals surface area (Å²) in [5, 5.41) is 0. The summed E-state index contributed by atoms with van der Waals surface area (Å²) in [5.41, 5.74) is 0. The van der Waals surface area contributed by atoms with Crippen LogP contribution in [-0.4, -0.2) is 13.2 Å². The summed E-state index contributed by atoms with van der Waals surface area (Å²) in [7, 11) is 0. The first-order valence-corrected chi connectivity index (χ1v) is 4.24. The molecule has 0 N–H and O–H groups in total. The molecule has 0 aliphatic carbocycles. The Labute approximate surface area is 64.8 Å². The quantitative estimate of drug-likeness (QED) is 0.576. The Morgan fingerprint density at radius 1 is 1.10 bits per heavy atom. The highest BCUT2D eigenvalue weighted by atomic mass is 16.5. The van der Waals surface area contributed by atoms with Gasteiger partial charge in [-0.15, -0.1) is 0 Å².